The summed E-state index contributed by atoms with van der Waals surface area (Å²) in [6.45, 7) is 1.91. The Morgan fingerprint density at radius 2 is 1.80 bits per heavy atom. The number of aryl methyl sites for hydroxylation is 1. The minimum absolute atomic E-state index is 0.127. The van der Waals surface area contributed by atoms with Crippen LogP contribution in [0.5, 0.6) is 0 Å². The predicted molar refractivity (Wildman–Crippen MR) is 77.2 cm³/mol. The fraction of sp³-hybridized carbons (Fsp3) is 0.533. The summed E-state index contributed by atoms with van der Waals surface area (Å²) >= 11 is 0. The van der Waals surface area contributed by atoms with Crippen molar-refractivity contribution in [3.05, 3.63) is 23.9 Å². The van der Waals surface area contributed by atoms with Gasteiger partial charge in [-0.1, -0.05) is 31.7 Å². The van der Waals surface area contributed by atoms with Crippen LogP contribution in [-0.2, 0) is 9.59 Å². The molecule has 0 spiro atoms. The van der Waals surface area contributed by atoms with Crippen LogP contribution in [0, 0.1) is 6.92 Å². The maximum absolute atomic E-state index is 11.8. The highest BCUT2D eigenvalue weighted by Gasteiger charge is 2.19. The quantitative estimate of drug-likeness (QED) is 0.642. The monoisotopic (exact) mass is 275 g/mol. The molecule has 2 amide bonds. The lowest BCUT2D eigenvalue weighted by Crippen LogP contribution is -2.41. The van der Waals surface area contributed by atoms with Crippen molar-refractivity contribution >= 4 is 17.6 Å². The molecule has 1 fully saturated rings. The van der Waals surface area contributed by atoms with Crippen molar-refractivity contribution in [1.82, 2.24) is 10.3 Å². The molecule has 5 nitrogen and oxygen atoms in total. The molecule has 0 radical (unpaired) electrons. The number of hydrogen-bond donors (Lipinski definition) is 2. The van der Waals surface area contributed by atoms with Crippen LogP contribution in [0.4, 0.5) is 5.82 Å². The maximum atomic E-state index is 11.8. The van der Waals surface area contributed by atoms with Gasteiger partial charge in [0, 0.05) is 12.2 Å². The van der Waals surface area contributed by atoms with Gasteiger partial charge in [-0.3, -0.25) is 9.59 Å². The number of aromatic nitrogens is 1. The van der Waals surface area contributed by atoms with Crippen LogP contribution >= 0.6 is 0 Å². The lowest BCUT2D eigenvalue weighted by Gasteiger charge is -2.15. The molecule has 0 aromatic carbocycles. The van der Waals surface area contributed by atoms with Gasteiger partial charge in [0.05, 0.1) is 0 Å². The van der Waals surface area contributed by atoms with Crippen LogP contribution in [-0.4, -0.2) is 22.8 Å². The first-order valence-corrected chi connectivity index (χ1v) is 7.19. The molecule has 0 saturated heterocycles. The molecule has 1 aliphatic carbocycles. The second kappa shape index (κ2) is 7.03. The van der Waals surface area contributed by atoms with Crippen LogP contribution in [0.15, 0.2) is 18.3 Å². The highest BCUT2D eigenvalue weighted by atomic mass is 16.2. The maximum Gasteiger partial charge on any atom is 0.314 e. The summed E-state index contributed by atoms with van der Waals surface area (Å²) < 4.78 is 0. The third-order valence-corrected chi connectivity index (χ3v) is 3.55. The van der Waals surface area contributed by atoms with E-state index in [-0.39, 0.29) is 6.04 Å². The molecule has 0 aliphatic heterocycles. The van der Waals surface area contributed by atoms with Gasteiger partial charge in [-0.25, -0.2) is 4.98 Å². The summed E-state index contributed by atoms with van der Waals surface area (Å²) in [5, 5.41) is 5.32. The van der Waals surface area contributed by atoms with Crippen molar-refractivity contribution in [2.45, 2.75) is 51.5 Å². The summed E-state index contributed by atoms with van der Waals surface area (Å²) in [4.78, 5) is 27.7. The fourth-order valence-corrected chi connectivity index (χ4v) is 2.39. The van der Waals surface area contributed by atoms with Crippen LogP contribution in [0.2, 0.25) is 0 Å². The lowest BCUT2D eigenvalue weighted by atomic mass is 10.1. The van der Waals surface area contributed by atoms with Crippen molar-refractivity contribution in [2.24, 2.45) is 0 Å². The van der Waals surface area contributed by atoms with E-state index >= 15 is 0 Å². The Balaban J connectivity index is 1.85. The van der Waals surface area contributed by atoms with Gasteiger partial charge in [0.1, 0.15) is 5.82 Å². The molecule has 0 unspecified atom stereocenters. The Morgan fingerprint density at radius 1 is 1.10 bits per heavy atom. The molecule has 20 heavy (non-hydrogen) atoms. The molecule has 1 aliphatic rings. The molecule has 108 valence electrons. The number of nitrogens with zero attached hydrogens (tertiary/aromatic N) is 1. The molecule has 1 heterocycles. The first-order chi connectivity index (χ1) is 9.65. The molecular weight excluding hydrogens is 254 g/mol. The lowest BCUT2D eigenvalue weighted by molar-refractivity contribution is -0.136. The van der Waals surface area contributed by atoms with Crippen molar-refractivity contribution < 1.29 is 9.59 Å². The normalized spacial score (nSPS) is 16.2. The van der Waals surface area contributed by atoms with Gasteiger partial charge >= 0.3 is 11.8 Å². The molecule has 1 aromatic heterocycles. The van der Waals surface area contributed by atoms with Crippen LogP contribution < -0.4 is 10.6 Å². The van der Waals surface area contributed by atoms with Gasteiger partial charge in [0.15, 0.2) is 0 Å². The van der Waals surface area contributed by atoms with Crippen molar-refractivity contribution in [2.75, 3.05) is 5.32 Å². The first kappa shape index (κ1) is 14.5. The number of pyridine rings is 1. The van der Waals surface area contributed by atoms with Crippen molar-refractivity contribution in [3.8, 4) is 0 Å². The Labute approximate surface area is 119 Å². The Bertz CT molecular complexity index is 463. The largest absolute Gasteiger partial charge is 0.345 e. The number of carbonyl (C=O) groups excluding carboxylic acids is 2. The number of rotatable bonds is 2. The first-order valence-electron chi connectivity index (χ1n) is 7.19. The molecule has 5 heteroatoms. The molecule has 0 atom stereocenters. The van der Waals surface area contributed by atoms with E-state index in [4.69, 9.17) is 0 Å². The zero-order valence-corrected chi connectivity index (χ0v) is 11.8. The molecule has 1 saturated carbocycles. The second-order valence-electron chi connectivity index (χ2n) is 5.34. The third kappa shape index (κ3) is 4.33. The predicted octanol–water partition coefficient (Wildman–Crippen LogP) is 2.17. The Morgan fingerprint density at radius 3 is 2.40 bits per heavy atom. The Kier molecular flexibility index (Phi) is 5.09. The zero-order valence-electron chi connectivity index (χ0n) is 11.8. The SMILES string of the molecule is Cc1ccc(NC(=O)C(=O)NC2CCCCCC2)nc1. The van der Waals surface area contributed by atoms with Crippen LogP contribution in [0.3, 0.4) is 0 Å². The molecule has 2 N–H and O–H groups in total. The smallest absolute Gasteiger partial charge is 0.314 e. The van der Waals surface area contributed by atoms with E-state index < -0.39 is 11.8 Å². The highest BCUT2D eigenvalue weighted by Crippen LogP contribution is 2.17. The summed E-state index contributed by atoms with van der Waals surface area (Å²) in [6.07, 6.45) is 8.23. The Hall–Kier alpha value is -1.91. The van der Waals surface area contributed by atoms with E-state index in [1.165, 1.54) is 12.8 Å². The minimum atomic E-state index is -0.648. The summed E-state index contributed by atoms with van der Waals surface area (Å²) in [5.41, 5.74) is 1.01. The van der Waals surface area contributed by atoms with E-state index in [1.54, 1.807) is 12.3 Å². The number of nitrogens with one attached hydrogen (secondary N) is 2. The van der Waals surface area contributed by atoms with Gasteiger partial charge in [0.25, 0.3) is 0 Å². The van der Waals surface area contributed by atoms with E-state index in [2.05, 4.69) is 15.6 Å². The average Bonchev–Trinajstić information content (AvgIpc) is 2.70. The fourth-order valence-electron chi connectivity index (χ4n) is 2.39. The molecule has 0 bridgehead atoms. The van der Waals surface area contributed by atoms with Crippen LogP contribution in [0.1, 0.15) is 44.1 Å². The molecule has 2 rings (SSSR count). The third-order valence-electron chi connectivity index (χ3n) is 3.55. The standard InChI is InChI=1S/C15H21N3O2/c1-11-8-9-13(16-10-11)18-15(20)14(19)17-12-6-4-2-3-5-7-12/h8-10,12H,2-7H2,1H3,(H,17,19)(H,16,18,20). The summed E-state index contributed by atoms with van der Waals surface area (Å²) in [5.74, 6) is -0.818. The number of hydrogen-bond acceptors (Lipinski definition) is 3. The zero-order chi connectivity index (χ0) is 14.4. The van der Waals surface area contributed by atoms with Gasteiger partial charge < -0.3 is 10.6 Å². The minimum Gasteiger partial charge on any atom is -0.345 e. The van der Waals surface area contributed by atoms with Crippen molar-refractivity contribution in [1.29, 1.82) is 0 Å². The average molecular weight is 275 g/mol. The number of carbonyl (C=O) groups is 2. The number of amides is 2. The highest BCUT2D eigenvalue weighted by molar-refractivity contribution is 6.39. The second-order valence-corrected chi connectivity index (χ2v) is 5.34. The van der Waals surface area contributed by atoms with Gasteiger partial charge in [-0.2, -0.15) is 0 Å². The van der Waals surface area contributed by atoms with E-state index in [0.717, 1.165) is 31.2 Å². The summed E-state index contributed by atoms with van der Waals surface area (Å²) in [6, 6.07) is 3.65. The van der Waals surface area contributed by atoms with E-state index in [0.29, 0.717) is 5.82 Å². The van der Waals surface area contributed by atoms with Gasteiger partial charge in [-0.05, 0) is 31.4 Å². The topological polar surface area (TPSA) is 71.1 Å². The van der Waals surface area contributed by atoms with Gasteiger partial charge in [0.2, 0.25) is 0 Å². The molecular formula is C15H21N3O2. The van der Waals surface area contributed by atoms with Crippen LogP contribution in [0.25, 0.3) is 0 Å². The van der Waals surface area contributed by atoms with E-state index in [1.807, 2.05) is 13.0 Å². The summed E-state index contributed by atoms with van der Waals surface area (Å²) in [7, 11) is 0. The van der Waals surface area contributed by atoms with E-state index in [9.17, 15) is 9.59 Å². The van der Waals surface area contributed by atoms with Gasteiger partial charge in [-0.15, -0.1) is 0 Å². The molecule has 1 aromatic rings. The number of anilines is 1. The van der Waals surface area contributed by atoms with Crippen molar-refractivity contribution in [3.63, 3.8) is 0 Å².